The first-order valence-electron chi connectivity index (χ1n) is 11.0. The second-order valence-electron chi connectivity index (χ2n) is 7.78. The number of nitrogens with zero attached hydrogens (tertiary/aromatic N) is 2. The number of rotatable bonds is 11. The van der Waals surface area contributed by atoms with Crippen LogP contribution in [0.4, 0.5) is 10.1 Å². The third kappa shape index (κ3) is 6.97. The number of hydrogen-bond acceptors (Lipinski definition) is 7. The fourth-order valence-corrected chi connectivity index (χ4v) is 5.20. The zero-order chi connectivity index (χ0) is 25.4. The number of amides is 1. The number of anilines is 1. The predicted molar refractivity (Wildman–Crippen MR) is 130 cm³/mol. The van der Waals surface area contributed by atoms with Gasteiger partial charge in [0.1, 0.15) is 12.4 Å². The molecule has 2 aromatic carbocycles. The molecule has 1 N–H and O–H groups in total. The average molecular weight is 530 g/mol. The SMILES string of the molecule is COc1ccc(S(=O)(=O)N(CC(=O)NCCCN2CCOCC2)c2ccc(F)c(Cl)c2)cc1OC. The molecule has 9 nitrogen and oxygen atoms in total. The molecule has 0 aromatic heterocycles. The van der Waals surface area contributed by atoms with Gasteiger partial charge in [0.05, 0.1) is 43.0 Å². The third-order valence-corrected chi connectivity index (χ3v) is 7.56. The number of carbonyl (C=O) groups is 1. The van der Waals surface area contributed by atoms with E-state index in [2.05, 4.69) is 10.2 Å². The van der Waals surface area contributed by atoms with Gasteiger partial charge in [-0.1, -0.05) is 11.6 Å². The normalized spacial score (nSPS) is 14.4. The van der Waals surface area contributed by atoms with E-state index in [1.807, 2.05) is 0 Å². The highest BCUT2D eigenvalue weighted by atomic mass is 35.5. The molecule has 12 heteroatoms. The molecule has 1 heterocycles. The molecule has 192 valence electrons. The second-order valence-corrected chi connectivity index (χ2v) is 10.1. The summed E-state index contributed by atoms with van der Waals surface area (Å²) in [7, 11) is -1.43. The molecule has 2 aromatic rings. The Morgan fingerprint density at radius 3 is 2.51 bits per heavy atom. The molecular formula is C23H29ClFN3O6S. The summed E-state index contributed by atoms with van der Waals surface area (Å²) in [6.45, 7) is 3.73. The molecule has 1 fully saturated rings. The molecule has 1 saturated heterocycles. The highest BCUT2D eigenvalue weighted by molar-refractivity contribution is 7.92. The molecular weight excluding hydrogens is 501 g/mol. The number of sulfonamides is 1. The summed E-state index contributed by atoms with van der Waals surface area (Å²) in [5.41, 5.74) is 0.0506. The van der Waals surface area contributed by atoms with Crippen LogP contribution in [0.3, 0.4) is 0 Å². The summed E-state index contributed by atoms with van der Waals surface area (Å²) in [5.74, 6) is -0.651. The van der Waals surface area contributed by atoms with Gasteiger partial charge < -0.3 is 19.5 Å². The van der Waals surface area contributed by atoms with Crippen molar-refractivity contribution in [1.29, 1.82) is 0 Å². The van der Waals surface area contributed by atoms with E-state index < -0.39 is 28.3 Å². The Morgan fingerprint density at radius 1 is 1.14 bits per heavy atom. The average Bonchev–Trinajstić information content (AvgIpc) is 2.87. The molecule has 0 spiro atoms. The number of morpholine rings is 1. The summed E-state index contributed by atoms with van der Waals surface area (Å²) in [4.78, 5) is 14.8. The van der Waals surface area contributed by atoms with Crippen molar-refractivity contribution in [3.05, 3.63) is 47.2 Å². The van der Waals surface area contributed by atoms with Gasteiger partial charge in [-0.05, 0) is 43.3 Å². The molecule has 0 atom stereocenters. The molecule has 1 amide bonds. The van der Waals surface area contributed by atoms with E-state index in [4.69, 9.17) is 25.8 Å². The van der Waals surface area contributed by atoms with E-state index in [0.29, 0.717) is 31.9 Å². The molecule has 35 heavy (non-hydrogen) atoms. The van der Waals surface area contributed by atoms with Gasteiger partial charge in [-0.25, -0.2) is 12.8 Å². The van der Waals surface area contributed by atoms with Crippen molar-refractivity contribution < 1.29 is 31.8 Å². The lowest BCUT2D eigenvalue weighted by molar-refractivity contribution is -0.119. The number of halogens is 2. The minimum atomic E-state index is -4.25. The van der Waals surface area contributed by atoms with Crippen LogP contribution in [0.5, 0.6) is 11.5 Å². The minimum Gasteiger partial charge on any atom is -0.493 e. The largest absolute Gasteiger partial charge is 0.493 e. The van der Waals surface area contributed by atoms with Crippen LogP contribution in [0, 0.1) is 5.82 Å². The lowest BCUT2D eigenvalue weighted by Gasteiger charge is -2.27. The second kappa shape index (κ2) is 12.4. The summed E-state index contributed by atoms with van der Waals surface area (Å²) in [5, 5.41) is 2.50. The monoisotopic (exact) mass is 529 g/mol. The summed E-state index contributed by atoms with van der Waals surface area (Å²) in [6.07, 6.45) is 0.705. The first-order valence-corrected chi connectivity index (χ1v) is 12.8. The van der Waals surface area contributed by atoms with Crippen molar-refractivity contribution in [3.63, 3.8) is 0 Å². The fourth-order valence-electron chi connectivity index (χ4n) is 3.60. The van der Waals surface area contributed by atoms with Gasteiger partial charge in [0.25, 0.3) is 10.0 Å². The van der Waals surface area contributed by atoms with Crippen LogP contribution >= 0.6 is 11.6 Å². The van der Waals surface area contributed by atoms with Crippen molar-refractivity contribution in [1.82, 2.24) is 10.2 Å². The molecule has 0 aliphatic carbocycles. The van der Waals surface area contributed by atoms with Gasteiger partial charge in [-0.2, -0.15) is 0 Å². The molecule has 0 saturated carbocycles. The van der Waals surface area contributed by atoms with E-state index in [1.165, 1.54) is 44.6 Å². The van der Waals surface area contributed by atoms with E-state index in [0.717, 1.165) is 30.0 Å². The van der Waals surface area contributed by atoms with Crippen molar-refractivity contribution >= 4 is 33.2 Å². The summed E-state index contributed by atoms with van der Waals surface area (Å²) in [6, 6.07) is 7.57. The van der Waals surface area contributed by atoms with Gasteiger partial charge >= 0.3 is 0 Å². The van der Waals surface area contributed by atoms with Crippen LogP contribution in [-0.4, -0.2) is 79.4 Å². The molecule has 0 radical (unpaired) electrons. The Balaban J connectivity index is 1.78. The molecule has 1 aliphatic rings. The van der Waals surface area contributed by atoms with Gasteiger partial charge in [0.2, 0.25) is 5.91 Å². The number of carbonyl (C=O) groups excluding carboxylic acids is 1. The number of methoxy groups -OCH3 is 2. The minimum absolute atomic E-state index is 0.0506. The van der Waals surface area contributed by atoms with Gasteiger partial charge in [-0.3, -0.25) is 14.0 Å². The van der Waals surface area contributed by atoms with Gasteiger partial charge in [0.15, 0.2) is 11.5 Å². The summed E-state index contributed by atoms with van der Waals surface area (Å²) < 4.78 is 57.5. The lowest BCUT2D eigenvalue weighted by Crippen LogP contribution is -2.42. The first-order chi connectivity index (χ1) is 16.8. The molecule has 0 unspecified atom stereocenters. The number of benzene rings is 2. The third-order valence-electron chi connectivity index (χ3n) is 5.50. The van der Waals surface area contributed by atoms with Crippen LogP contribution in [0.15, 0.2) is 41.3 Å². The maximum Gasteiger partial charge on any atom is 0.264 e. The maximum absolute atomic E-state index is 13.8. The predicted octanol–water partition coefficient (Wildman–Crippen LogP) is 2.53. The zero-order valence-electron chi connectivity index (χ0n) is 19.6. The van der Waals surface area contributed by atoms with E-state index in [1.54, 1.807) is 0 Å². The standard InChI is InChI=1S/C23H29ClFN3O6S/c1-32-21-7-5-18(15-22(21)33-2)35(30,31)28(17-4-6-20(25)19(24)14-17)16-23(29)26-8-3-9-27-10-12-34-13-11-27/h4-7,14-15H,3,8-13,16H2,1-2H3,(H,26,29). The molecule has 3 rings (SSSR count). The highest BCUT2D eigenvalue weighted by Crippen LogP contribution is 2.33. The molecule has 1 aliphatic heterocycles. The zero-order valence-corrected chi connectivity index (χ0v) is 21.2. The van der Waals surface area contributed by atoms with Crippen LogP contribution in [0.25, 0.3) is 0 Å². The van der Waals surface area contributed by atoms with Crippen molar-refractivity contribution in [2.45, 2.75) is 11.3 Å². The highest BCUT2D eigenvalue weighted by Gasteiger charge is 2.29. The topological polar surface area (TPSA) is 97.4 Å². The van der Waals surface area contributed by atoms with Crippen molar-refractivity contribution in [3.8, 4) is 11.5 Å². The summed E-state index contributed by atoms with van der Waals surface area (Å²) >= 11 is 5.91. The van der Waals surface area contributed by atoms with Gasteiger partial charge in [-0.15, -0.1) is 0 Å². The lowest BCUT2D eigenvalue weighted by atomic mass is 10.3. The Bertz CT molecular complexity index is 1130. The first kappa shape index (κ1) is 27.0. The van der Waals surface area contributed by atoms with E-state index >= 15 is 0 Å². The number of nitrogens with one attached hydrogen (secondary N) is 1. The maximum atomic E-state index is 13.8. The van der Waals surface area contributed by atoms with Crippen LogP contribution in [0.2, 0.25) is 5.02 Å². The van der Waals surface area contributed by atoms with E-state index in [-0.39, 0.29) is 21.4 Å². The quantitative estimate of drug-likeness (QED) is 0.447. The number of ether oxygens (including phenoxy) is 3. The van der Waals surface area contributed by atoms with Crippen molar-refractivity contribution in [2.75, 3.05) is 64.5 Å². The smallest absolute Gasteiger partial charge is 0.264 e. The Kier molecular flexibility index (Phi) is 9.55. The van der Waals surface area contributed by atoms with Crippen LogP contribution in [-0.2, 0) is 19.6 Å². The van der Waals surface area contributed by atoms with Crippen LogP contribution in [0.1, 0.15) is 6.42 Å². The molecule has 0 bridgehead atoms. The number of hydrogen-bond donors (Lipinski definition) is 1. The van der Waals surface area contributed by atoms with Crippen molar-refractivity contribution in [2.24, 2.45) is 0 Å². The Hall–Kier alpha value is -2.60. The van der Waals surface area contributed by atoms with Crippen LogP contribution < -0.4 is 19.1 Å². The Morgan fingerprint density at radius 2 is 1.86 bits per heavy atom. The van der Waals surface area contributed by atoms with E-state index in [9.17, 15) is 17.6 Å². The Labute approximate surface area is 209 Å². The fraction of sp³-hybridized carbons (Fsp3) is 0.435. The van der Waals surface area contributed by atoms with Gasteiger partial charge in [0, 0.05) is 25.7 Å².